The third-order valence-electron chi connectivity index (χ3n) is 8.35. The number of amides is 2. The summed E-state index contributed by atoms with van der Waals surface area (Å²) in [7, 11) is 2.11. The van der Waals surface area contributed by atoms with E-state index in [-0.39, 0.29) is 17.9 Å². The van der Waals surface area contributed by atoms with E-state index in [1.54, 1.807) is 0 Å². The molecular formula is C37H37N5O2. The minimum atomic E-state index is -0.338. The second kappa shape index (κ2) is 13.1. The Morgan fingerprint density at radius 2 is 1.43 bits per heavy atom. The zero-order valence-electron chi connectivity index (χ0n) is 24.9. The molecule has 5 aromatic carbocycles. The Hall–Kier alpha value is -4.98. The molecule has 0 bridgehead atoms. The van der Waals surface area contributed by atoms with Gasteiger partial charge in [0.1, 0.15) is 0 Å². The predicted octanol–water partition coefficient (Wildman–Crippen LogP) is 6.14. The van der Waals surface area contributed by atoms with Crippen molar-refractivity contribution in [3.8, 4) is 11.1 Å². The maximum Gasteiger partial charge on any atom is 0.255 e. The molecule has 44 heavy (non-hydrogen) atoms. The number of hydrogen-bond donors (Lipinski definition) is 3. The molecular weight excluding hydrogens is 546 g/mol. The molecule has 0 aliphatic carbocycles. The summed E-state index contributed by atoms with van der Waals surface area (Å²) in [5, 5.41) is 8.36. The van der Waals surface area contributed by atoms with E-state index < -0.39 is 0 Å². The molecule has 222 valence electrons. The highest BCUT2D eigenvalue weighted by atomic mass is 16.2. The number of nitrogen functional groups attached to an aromatic ring is 1. The van der Waals surface area contributed by atoms with Gasteiger partial charge in [-0.15, -0.1) is 0 Å². The average Bonchev–Trinajstić information content (AvgIpc) is 3.05. The van der Waals surface area contributed by atoms with Crippen LogP contribution in [0.4, 0.5) is 17.1 Å². The van der Waals surface area contributed by atoms with Gasteiger partial charge in [0.15, 0.2) is 0 Å². The number of fused-ring (bicyclic) bond motifs is 1. The van der Waals surface area contributed by atoms with Crippen LogP contribution < -0.4 is 16.4 Å². The molecule has 1 saturated heterocycles. The number of nitrogens with one attached hydrogen (secondary N) is 2. The van der Waals surface area contributed by atoms with Crippen LogP contribution in [0.5, 0.6) is 0 Å². The quantitative estimate of drug-likeness (QED) is 0.191. The number of likely N-dealkylation sites (N-methyl/N-ethyl adjacent to an activating group) is 1. The molecule has 5 aromatic rings. The van der Waals surface area contributed by atoms with Crippen LogP contribution in [0.2, 0.25) is 0 Å². The van der Waals surface area contributed by atoms with Crippen LogP contribution in [0.15, 0.2) is 115 Å². The Morgan fingerprint density at radius 3 is 2.18 bits per heavy atom. The highest BCUT2D eigenvalue weighted by molar-refractivity contribution is 6.06. The normalized spacial score (nSPS) is 14.7. The Labute approximate surface area is 258 Å². The molecule has 6 rings (SSSR count). The second-order valence-electron chi connectivity index (χ2n) is 11.4. The number of piperazine rings is 1. The average molecular weight is 584 g/mol. The summed E-state index contributed by atoms with van der Waals surface area (Å²) in [6.07, 6.45) is 0.539. The molecule has 1 heterocycles. The fourth-order valence-corrected chi connectivity index (χ4v) is 5.70. The molecule has 4 N–H and O–H groups in total. The lowest BCUT2D eigenvalue weighted by Gasteiger charge is -2.37. The lowest BCUT2D eigenvalue weighted by atomic mass is 10.0. The van der Waals surface area contributed by atoms with Crippen LogP contribution in [0.1, 0.15) is 15.9 Å². The summed E-state index contributed by atoms with van der Waals surface area (Å²) in [6.45, 7) is 3.45. The second-order valence-corrected chi connectivity index (χ2v) is 11.4. The fraction of sp³-hybridized carbons (Fsp3) is 0.189. The van der Waals surface area contributed by atoms with Gasteiger partial charge in [0.25, 0.3) is 5.91 Å². The van der Waals surface area contributed by atoms with Crippen molar-refractivity contribution in [2.45, 2.75) is 12.5 Å². The van der Waals surface area contributed by atoms with Crippen molar-refractivity contribution in [3.05, 3.63) is 126 Å². The van der Waals surface area contributed by atoms with Crippen molar-refractivity contribution in [1.82, 2.24) is 9.80 Å². The van der Waals surface area contributed by atoms with Gasteiger partial charge in [-0.3, -0.25) is 14.5 Å². The van der Waals surface area contributed by atoms with E-state index in [0.29, 0.717) is 23.4 Å². The number of benzene rings is 5. The number of hydrogen-bond acceptors (Lipinski definition) is 5. The first-order valence-corrected chi connectivity index (χ1v) is 15.0. The van der Waals surface area contributed by atoms with Crippen molar-refractivity contribution >= 4 is 39.6 Å². The third-order valence-corrected chi connectivity index (χ3v) is 8.35. The van der Waals surface area contributed by atoms with Crippen molar-refractivity contribution < 1.29 is 9.59 Å². The van der Waals surface area contributed by atoms with Crippen LogP contribution >= 0.6 is 0 Å². The molecule has 1 aliphatic rings. The summed E-state index contributed by atoms with van der Waals surface area (Å²) in [4.78, 5) is 31.5. The van der Waals surface area contributed by atoms with Gasteiger partial charge in [0, 0.05) is 37.4 Å². The Bertz CT molecular complexity index is 1760. The SMILES string of the molecule is CN1CCN(C(Cc2ccc(C(=O)Nc3cc(-c4ccccc4)ccc3N)cc2)C(=O)Nc2ccc3ccccc3c2)CC1. The van der Waals surface area contributed by atoms with Gasteiger partial charge in [-0.25, -0.2) is 0 Å². The minimum absolute atomic E-state index is 0.0274. The number of anilines is 3. The predicted molar refractivity (Wildman–Crippen MR) is 180 cm³/mol. The first-order valence-electron chi connectivity index (χ1n) is 15.0. The van der Waals surface area contributed by atoms with E-state index >= 15 is 0 Å². The van der Waals surface area contributed by atoms with Gasteiger partial charge in [-0.1, -0.05) is 78.9 Å². The van der Waals surface area contributed by atoms with Crippen LogP contribution in [-0.2, 0) is 11.2 Å². The summed E-state index contributed by atoms with van der Waals surface area (Å²) >= 11 is 0. The van der Waals surface area contributed by atoms with Crippen molar-refractivity contribution in [1.29, 1.82) is 0 Å². The van der Waals surface area contributed by atoms with Crippen molar-refractivity contribution in [2.75, 3.05) is 49.6 Å². The first-order chi connectivity index (χ1) is 21.4. The number of rotatable bonds is 8. The van der Waals surface area contributed by atoms with Gasteiger partial charge in [0.05, 0.1) is 17.4 Å². The van der Waals surface area contributed by atoms with Gasteiger partial charge in [-0.05, 0) is 77.3 Å². The van der Waals surface area contributed by atoms with Crippen LogP contribution in [0.3, 0.4) is 0 Å². The summed E-state index contributed by atoms with van der Waals surface area (Å²) in [6, 6.07) is 36.9. The zero-order chi connectivity index (χ0) is 30.5. The largest absolute Gasteiger partial charge is 0.397 e. The number of carbonyl (C=O) groups is 2. The van der Waals surface area contributed by atoms with Gasteiger partial charge >= 0.3 is 0 Å². The molecule has 7 heteroatoms. The molecule has 1 atom stereocenters. The first kappa shape index (κ1) is 29.1. The molecule has 0 spiro atoms. The maximum absolute atomic E-state index is 13.7. The molecule has 1 aliphatic heterocycles. The molecule has 2 amide bonds. The van der Waals surface area contributed by atoms with E-state index in [1.807, 2.05) is 103 Å². The molecule has 1 unspecified atom stereocenters. The molecule has 0 aromatic heterocycles. The van der Waals surface area contributed by atoms with E-state index in [1.165, 1.54) is 0 Å². The van der Waals surface area contributed by atoms with Crippen molar-refractivity contribution in [3.63, 3.8) is 0 Å². The van der Waals surface area contributed by atoms with E-state index in [2.05, 4.69) is 39.6 Å². The minimum Gasteiger partial charge on any atom is -0.397 e. The standard InChI is InChI=1S/C37H37N5O2/c1-41-19-21-42(22-20-41)35(37(44)39-32-17-15-28-9-5-6-10-30(28)24-32)23-26-11-13-29(14-12-26)36(43)40-34-25-31(16-18-33(34)38)27-7-3-2-4-8-27/h2-18,24-25,35H,19-23,38H2,1H3,(H,39,44)(H,40,43). The lowest BCUT2D eigenvalue weighted by Crippen LogP contribution is -2.53. The van der Waals surface area contributed by atoms with E-state index in [0.717, 1.165) is 59.3 Å². The highest BCUT2D eigenvalue weighted by Crippen LogP contribution is 2.28. The highest BCUT2D eigenvalue weighted by Gasteiger charge is 2.29. The van der Waals surface area contributed by atoms with Gasteiger partial charge in [0.2, 0.25) is 5.91 Å². The summed E-state index contributed by atoms with van der Waals surface area (Å²) in [5.41, 5.74) is 11.6. The summed E-state index contributed by atoms with van der Waals surface area (Å²) < 4.78 is 0. The number of nitrogens with two attached hydrogens (primary N) is 1. The van der Waals surface area contributed by atoms with Crippen molar-refractivity contribution in [2.24, 2.45) is 0 Å². The van der Waals surface area contributed by atoms with E-state index in [4.69, 9.17) is 5.73 Å². The van der Waals surface area contributed by atoms with E-state index in [9.17, 15) is 9.59 Å². The summed E-state index contributed by atoms with van der Waals surface area (Å²) in [5.74, 6) is -0.265. The van der Waals surface area contributed by atoms with Crippen LogP contribution in [0.25, 0.3) is 21.9 Å². The monoisotopic (exact) mass is 583 g/mol. The number of nitrogens with zero attached hydrogens (tertiary/aromatic N) is 2. The van der Waals surface area contributed by atoms with Crippen LogP contribution in [0, 0.1) is 0 Å². The molecule has 7 nitrogen and oxygen atoms in total. The van der Waals surface area contributed by atoms with Gasteiger partial charge < -0.3 is 21.3 Å². The topological polar surface area (TPSA) is 90.7 Å². The molecule has 0 radical (unpaired) electrons. The fourth-order valence-electron chi connectivity index (χ4n) is 5.70. The third kappa shape index (κ3) is 6.80. The maximum atomic E-state index is 13.7. The molecule has 1 fully saturated rings. The Kier molecular flexibility index (Phi) is 8.68. The molecule has 0 saturated carbocycles. The van der Waals surface area contributed by atoms with Gasteiger partial charge in [-0.2, -0.15) is 0 Å². The van der Waals surface area contributed by atoms with Crippen LogP contribution in [-0.4, -0.2) is 60.9 Å². The lowest BCUT2D eigenvalue weighted by molar-refractivity contribution is -0.122. The zero-order valence-corrected chi connectivity index (χ0v) is 24.9. The number of carbonyl (C=O) groups excluding carboxylic acids is 2. The Balaban J connectivity index is 1.16. The Morgan fingerprint density at radius 1 is 0.727 bits per heavy atom. The smallest absolute Gasteiger partial charge is 0.255 e.